The normalized spacial score (nSPS) is 12.9. The largest absolute Gasteiger partial charge is 0.388 e. The van der Waals surface area contributed by atoms with Crippen LogP contribution < -0.4 is 5.32 Å². The summed E-state index contributed by atoms with van der Waals surface area (Å²) in [7, 11) is 0. The number of aryl methyl sites for hydroxylation is 1. The van der Waals surface area contributed by atoms with E-state index < -0.39 is 6.10 Å². The van der Waals surface area contributed by atoms with Crippen molar-refractivity contribution in [1.29, 1.82) is 0 Å². The van der Waals surface area contributed by atoms with Crippen LogP contribution in [-0.4, -0.2) is 16.1 Å². The van der Waals surface area contributed by atoms with Gasteiger partial charge in [0.25, 0.3) is 0 Å². The topological polar surface area (TPSA) is 45.1 Å². The maximum atomic E-state index is 9.72. The lowest BCUT2D eigenvalue weighted by atomic mass is 10.1. The minimum Gasteiger partial charge on any atom is -0.388 e. The van der Waals surface area contributed by atoms with Crippen LogP contribution in [0.5, 0.6) is 0 Å². The Morgan fingerprint density at radius 2 is 2.07 bits per heavy atom. The number of nitrogens with one attached hydrogen (secondary N) is 1. The summed E-state index contributed by atoms with van der Waals surface area (Å²) in [5, 5.41) is 13.0. The van der Waals surface area contributed by atoms with Crippen molar-refractivity contribution in [2.75, 3.05) is 5.32 Å². The van der Waals surface area contributed by atoms with Gasteiger partial charge in [0.2, 0.25) is 0 Å². The number of aliphatic hydroxyl groups is 1. The van der Waals surface area contributed by atoms with E-state index in [0.29, 0.717) is 6.04 Å². The Bertz CT molecular complexity index is 323. The summed E-state index contributed by atoms with van der Waals surface area (Å²) >= 11 is 0. The van der Waals surface area contributed by atoms with Crippen LogP contribution in [0.15, 0.2) is 12.1 Å². The van der Waals surface area contributed by atoms with Crippen molar-refractivity contribution in [1.82, 2.24) is 4.98 Å². The molecule has 0 aromatic carbocycles. The van der Waals surface area contributed by atoms with Gasteiger partial charge in [-0.2, -0.15) is 0 Å². The van der Waals surface area contributed by atoms with Crippen LogP contribution in [0.25, 0.3) is 0 Å². The van der Waals surface area contributed by atoms with Crippen LogP contribution in [0, 0.1) is 6.92 Å². The Kier molecular flexibility index (Phi) is 4.09. The third-order valence-electron chi connectivity index (χ3n) is 2.31. The highest BCUT2D eigenvalue weighted by molar-refractivity contribution is 5.39. The summed E-state index contributed by atoms with van der Waals surface area (Å²) in [6.45, 7) is 8.04. The van der Waals surface area contributed by atoms with Crippen molar-refractivity contribution in [2.45, 2.75) is 46.3 Å². The molecule has 0 aliphatic carbocycles. The van der Waals surface area contributed by atoms with E-state index in [9.17, 15) is 5.11 Å². The number of anilines is 1. The number of hydrogen-bond acceptors (Lipinski definition) is 3. The monoisotopic (exact) mass is 208 g/mol. The van der Waals surface area contributed by atoms with Gasteiger partial charge < -0.3 is 10.4 Å². The van der Waals surface area contributed by atoms with Crippen LogP contribution in [-0.2, 0) is 0 Å². The molecule has 0 saturated heterocycles. The quantitative estimate of drug-likeness (QED) is 0.799. The maximum Gasteiger partial charge on any atom is 0.126 e. The van der Waals surface area contributed by atoms with Gasteiger partial charge in [0, 0.05) is 17.3 Å². The molecule has 1 heterocycles. The second-order valence-electron chi connectivity index (χ2n) is 4.09. The summed E-state index contributed by atoms with van der Waals surface area (Å²) < 4.78 is 0. The van der Waals surface area contributed by atoms with Crippen molar-refractivity contribution in [3.63, 3.8) is 0 Å². The molecular weight excluding hydrogens is 188 g/mol. The van der Waals surface area contributed by atoms with Gasteiger partial charge in [0.05, 0.1) is 6.10 Å². The molecule has 0 amide bonds. The van der Waals surface area contributed by atoms with E-state index in [-0.39, 0.29) is 0 Å². The highest BCUT2D eigenvalue weighted by Crippen LogP contribution is 2.20. The highest BCUT2D eigenvalue weighted by Gasteiger charge is 2.09. The van der Waals surface area contributed by atoms with E-state index in [0.717, 1.165) is 23.5 Å². The minimum atomic E-state index is -0.398. The summed E-state index contributed by atoms with van der Waals surface area (Å²) in [6, 6.07) is 4.24. The Morgan fingerprint density at radius 3 is 2.53 bits per heavy atom. The first-order valence-electron chi connectivity index (χ1n) is 5.46. The van der Waals surface area contributed by atoms with Gasteiger partial charge in [-0.1, -0.05) is 13.0 Å². The fourth-order valence-electron chi connectivity index (χ4n) is 1.52. The molecule has 0 radical (unpaired) electrons. The third-order valence-corrected chi connectivity index (χ3v) is 2.31. The van der Waals surface area contributed by atoms with Gasteiger partial charge in [0.1, 0.15) is 5.82 Å². The van der Waals surface area contributed by atoms with Crippen molar-refractivity contribution in [3.8, 4) is 0 Å². The first-order chi connectivity index (χ1) is 7.04. The average molecular weight is 208 g/mol. The number of rotatable bonds is 4. The van der Waals surface area contributed by atoms with Crippen LogP contribution in [0.4, 0.5) is 5.82 Å². The zero-order valence-corrected chi connectivity index (χ0v) is 9.91. The van der Waals surface area contributed by atoms with Crippen molar-refractivity contribution < 1.29 is 5.11 Å². The average Bonchev–Trinajstić information content (AvgIpc) is 2.16. The van der Waals surface area contributed by atoms with Gasteiger partial charge in [-0.3, -0.25) is 0 Å². The summed E-state index contributed by atoms with van der Waals surface area (Å²) in [6.07, 6.45) is 0.324. The molecule has 84 valence electrons. The predicted octanol–water partition coefficient (Wildman–Crippen LogP) is 2.65. The Hall–Kier alpha value is -1.09. The third kappa shape index (κ3) is 3.20. The second kappa shape index (κ2) is 5.12. The molecule has 0 unspecified atom stereocenters. The molecule has 1 aromatic heterocycles. The second-order valence-corrected chi connectivity index (χ2v) is 4.09. The Labute approximate surface area is 91.5 Å². The fourth-order valence-corrected chi connectivity index (χ4v) is 1.52. The van der Waals surface area contributed by atoms with Crippen LogP contribution in [0.3, 0.4) is 0 Å². The molecule has 1 rings (SSSR count). The molecule has 0 saturated carbocycles. The molecule has 0 spiro atoms. The van der Waals surface area contributed by atoms with Crippen molar-refractivity contribution in [2.24, 2.45) is 0 Å². The molecule has 2 N–H and O–H groups in total. The van der Waals surface area contributed by atoms with Gasteiger partial charge in [-0.05, 0) is 33.3 Å². The smallest absolute Gasteiger partial charge is 0.126 e. The molecule has 1 aromatic rings. The highest BCUT2D eigenvalue weighted by atomic mass is 16.3. The standard InChI is InChI=1S/C12H20N2O/c1-5-11(15)10-6-7-12(13-8(2)3)14-9(10)4/h6-8,11,15H,5H2,1-4H3,(H,13,14)/t11-/m1/s1. The summed E-state index contributed by atoms with van der Waals surface area (Å²) in [4.78, 5) is 4.41. The van der Waals surface area contributed by atoms with E-state index in [4.69, 9.17) is 0 Å². The first-order valence-corrected chi connectivity index (χ1v) is 5.46. The molecule has 0 fully saturated rings. The Morgan fingerprint density at radius 1 is 1.40 bits per heavy atom. The minimum absolute atomic E-state index is 0.374. The Balaban J connectivity index is 2.88. The number of nitrogens with zero attached hydrogens (tertiary/aromatic N) is 1. The van der Waals surface area contributed by atoms with E-state index in [1.165, 1.54) is 0 Å². The van der Waals surface area contributed by atoms with Gasteiger partial charge in [-0.25, -0.2) is 4.98 Å². The molecule has 0 aliphatic heterocycles. The molecule has 3 nitrogen and oxygen atoms in total. The molecular formula is C12H20N2O. The van der Waals surface area contributed by atoms with Crippen LogP contribution in [0.1, 0.15) is 44.6 Å². The van der Waals surface area contributed by atoms with E-state index >= 15 is 0 Å². The van der Waals surface area contributed by atoms with Gasteiger partial charge >= 0.3 is 0 Å². The zero-order chi connectivity index (χ0) is 11.4. The number of hydrogen-bond donors (Lipinski definition) is 2. The number of pyridine rings is 1. The van der Waals surface area contributed by atoms with E-state index in [2.05, 4.69) is 24.1 Å². The SMILES string of the molecule is CC[C@@H](O)c1ccc(NC(C)C)nc1C. The number of aromatic nitrogens is 1. The molecule has 15 heavy (non-hydrogen) atoms. The lowest BCUT2D eigenvalue weighted by molar-refractivity contribution is 0.172. The van der Waals surface area contributed by atoms with E-state index in [1.807, 2.05) is 26.0 Å². The van der Waals surface area contributed by atoms with Crippen molar-refractivity contribution in [3.05, 3.63) is 23.4 Å². The van der Waals surface area contributed by atoms with Crippen molar-refractivity contribution >= 4 is 5.82 Å². The maximum absolute atomic E-state index is 9.72. The first kappa shape index (κ1) is 12.0. The van der Waals surface area contributed by atoms with Gasteiger partial charge in [-0.15, -0.1) is 0 Å². The fraction of sp³-hybridized carbons (Fsp3) is 0.583. The van der Waals surface area contributed by atoms with Crippen LogP contribution >= 0.6 is 0 Å². The summed E-state index contributed by atoms with van der Waals surface area (Å²) in [5.74, 6) is 0.870. The predicted molar refractivity (Wildman–Crippen MR) is 63.0 cm³/mol. The van der Waals surface area contributed by atoms with Crippen LogP contribution in [0.2, 0.25) is 0 Å². The molecule has 0 aliphatic rings. The lowest BCUT2D eigenvalue weighted by Crippen LogP contribution is -2.12. The lowest BCUT2D eigenvalue weighted by Gasteiger charge is -2.14. The number of aliphatic hydroxyl groups excluding tert-OH is 1. The molecule has 0 bridgehead atoms. The molecule has 1 atom stereocenters. The zero-order valence-electron chi connectivity index (χ0n) is 9.91. The molecule has 3 heteroatoms. The summed E-state index contributed by atoms with van der Waals surface area (Å²) in [5.41, 5.74) is 1.82. The van der Waals surface area contributed by atoms with E-state index in [1.54, 1.807) is 0 Å². The van der Waals surface area contributed by atoms with Gasteiger partial charge in [0.15, 0.2) is 0 Å².